The number of anilines is 2. The number of hydrogen-bond acceptors (Lipinski definition) is 6. The molecule has 0 saturated heterocycles. The van der Waals surface area contributed by atoms with Crippen LogP contribution < -0.4 is 15.4 Å². The summed E-state index contributed by atoms with van der Waals surface area (Å²) in [5.41, 5.74) is 0.698. The van der Waals surface area contributed by atoms with Crippen LogP contribution in [0.5, 0.6) is 5.75 Å². The quantitative estimate of drug-likeness (QED) is 0.822. The number of rotatable bonds is 7. The minimum atomic E-state index is -0.265. The lowest BCUT2D eigenvalue weighted by molar-refractivity contribution is 0.102. The number of nitrogens with one attached hydrogen (secondary N) is 2. The molecule has 0 atom stereocenters. The summed E-state index contributed by atoms with van der Waals surface area (Å²) in [6.07, 6.45) is 0.962. The molecule has 0 bridgehead atoms. The van der Waals surface area contributed by atoms with Crippen LogP contribution in [0.25, 0.3) is 0 Å². The minimum absolute atomic E-state index is 0.265. The van der Waals surface area contributed by atoms with Crippen LogP contribution in [0.3, 0.4) is 0 Å². The molecular formula is C14H18N4O2S. The Hall–Kier alpha value is -2.15. The maximum absolute atomic E-state index is 12.0. The summed E-state index contributed by atoms with van der Waals surface area (Å²) in [7, 11) is 0. The van der Waals surface area contributed by atoms with Gasteiger partial charge in [0.05, 0.1) is 6.61 Å². The van der Waals surface area contributed by atoms with Gasteiger partial charge in [-0.15, -0.1) is 10.2 Å². The van der Waals surface area contributed by atoms with Crippen molar-refractivity contribution in [2.75, 3.05) is 23.8 Å². The van der Waals surface area contributed by atoms with Gasteiger partial charge in [-0.3, -0.25) is 4.79 Å². The molecule has 112 valence electrons. The van der Waals surface area contributed by atoms with Gasteiger partial charge in [0.25, 0.3) is 5.91 Å². The van der Waals surface area contributed by atoms with Crippen LogP contribution in [0.15, 0.2) is 24.3 Å². The molecule has 7 heteroatoms. The van der Waals surface area contributed by atoms with E-state index in [0.717, 1.165) is 18.7 Å². The van der Waals surface area contributed by atoms with Crippen molar-refractivity contribution in [2.24, 2.45) is 0 Å². The third-order valence-electron chi connectivity index (χ3n) is 2.53. The standard InChI is InChI=1S/C14H18N4O2S/c1-3-9-20-11-7-5-10(6-8-11)16-12(19)13-17-18-14(21-13)15-4-2/h5-8H,3-4,9H2,1-2H3,(H,15,18)(H,16,19). The van der Waals surface area contributed by atoms with E-state index in [1.54, 1.807) is 12.1 Å². The summed E-state index contributed by atoms with van der Waals surface area (Å²) >= 11 is 1.23. The zero-order chi connectivity index (χ0) is 15.1. The maximum atomic E-state index is 12.0. The molecule has 0 aliphatic carbocycles. The topological polar surface area (TPSA) is 76.1 Å². The predicted molar refractivity (Wildman–Crippen MR) is 84.3 cm³/mol. The Kier molecular flexibility index (Phi) is 5.51. The van der Waals surface area contributed by atoms with E-state index in [2.05, 4.69) is 27.8 Å². The third kappa shape index (κ3) is 4.42. The molecule has 2 rings (SSSR count). The van der Waals surface area contributed by atoms with Crippen molar-refractivity contribution in [1.82, 2.24) is 10.2 Å². The van der Waals surface area contributed by atoms with Crippen LogP contribution in [0.2, 0.25) is 0 Å². The lowest BCUT2D eigenvalue weighted by Gasteiger charge is -2.06. The lowest BCUT2D eigenvalue weighted by atomic mass is 10.3. The maximum Gasteiger partial charge on any atom is 0.286 e. The van der Waals surface area contributed by atoms with Crippen molar-refractivity contribution < 1.29 is 9.53 Å². The van der Waals surface area contributed by atoms with Crippen LogP contribution >= 0.6 is 11.3 Å². The monoisotopic (exact) mass is 306 g/mol. The fourth-order valence-corrected chi connectivity index (χ4v) is 2.28. The second kappa shape index (κ2) is 7.58. The Labute approximate surface area is 127 Å². The molecule has 0 unspecified atom stereocenters. The van der Waals surface area contributed by atoms with Crippen molar-refractivity contribution in [3.63, 3.8) is 0 Å². The van der Waals surface area contributed by atoms with Crippen LogP contribution in [0, 0.1) is 0 Å². The molecule has 2 aromatic rings. The van der Waals surface area contributed by atoms with Crippen LogP contribution in [-0.2, 0) is 0 Å². The average Bonchev–Trinajstić information content (AvgIpc) is 2.96. The van der Waals surface area contributed by atoms with Crippen molar-refractivity contribution in [2.45, 2.75) is 20.3 Å². The van der Waals surface area contributed by atoms with Gasteiger partial charge in [-0.2, -0.15) is 0 Å². The van der Waals surface area contributed by atoms with Gasteiger partial charge in [-0.1, -0.05) is 18.3 Å². The number of carbonyl (C=O) groups excluding carboxylic acids is 1. The fraction of sp³-hybridized carbons (Fsp3) is 0.357. The van der Waals surface area contributed by atoms with E-state index >= 15 is 0 Å². The second-order valence-electron chi connectivity index (χ2n) is 4.27. The molecule has 2 N–H and O–H groups in total. The van der Waals surface area contributed by atoms with Gasteiger partial charge in [-0.25, -0.2) is 0 Å². The van der Waals surface area contributed by atoms with E-state index in [4.69, 9.17) is 4.74 Å². The molecule has 0 saturated carbocycles. The summed E-state index contributed by atoms with van der Waals surface area (Å²) in [4.78, 5) is 12.0. The Morgan fingerprint density at radius 2 is 2.00 bits per heavy atom. The molecule has 0 aliphatic rings. The molecule has 6 nitrogen and oxygen atoms in total. The third-order valence-corrected chi connectivity index (χ3v) is 3.41. The number of amides is 1. The van der Waals surface area contributed by atoms with Crippen LogP contribution in [-0.4, -0.2) is 29.3 Å². The fourth-order valence-electron chi connectivity index (χ4n) is 1.58. The second-order valence-corrected chi connectivity index (χ2v) is 5.25. The predicted octanol–water partition coefficient (Wildman–Crippen LogP) is 3.01. The van der Waals surface area contributed by atoms with Crippen LogP contribution in [0.4, 0.5) is 10.8 Å². The smallest absolute Gasteiger partial charge is 0.286 e. The number of hydrogen-bond donors (Lipinski definition) is 2. The Morgan fingerprint density at radius 1 is 1.24 bits per heavy atom. The van der Waals surface area contributed by atoms with Gasteiger partial charge in [0.2, 0.25) is 10.1 Å². The van der Waals surface area contributed by atoms with Gasteiger partial charge in [0.15, 0.2) is 0 Å². The van der Waals surface area contributed by atoms with E-state index in [1.165, 1.54) is 11.3 Å². The molecule has 0 aliphatic heterocycles. The van der Waals surface area contributed by atoms with Gasteiger partial charge in [0.1, 0.15) is 5.75 Å². The minimum Gasteiger partial charge on any atom is -0.494 e. The van der Waals surface area contributed by atoms with E-state index in [0.29, 0.717) is 22.4 Å². The molecule has 1 amide bonds. The zero-order valence-electron chi connectivity index (χ0n) is 12.0. The zero-order valence-corrected chi connectivity index (χ0v) is 12.9. The Balaban J connectivity index is 1.95. The summed E-state index contributed by atoms with van der Waals surface area (Å²) in [6, 6.07) is 7.26. The van der Waals surface area contributed by atoms with Gasteiger partial charge in [0, 0.05) is 12.2 Å². The summed E-state index contributed by atoms with van der Waals surface area (Å²) in [5.74, 6) is 0.527. The van der Waals surface area contributed by atoms with Gasteiger partial charge in [-0.05, 0) is 37.6 Å². The summed E-state index contributed by atoms with van der Waals surface area (Å²) < 4.78 is 5.49. The van der Waals surface area contributed by atoms with E-state index in [9.17, 15) is 4.79 Å². The Bertz CT molecular complexity index is 583. The van der Waals surface area contributed by atoms with E-state index in [-0.39, 0.29) is 5.91 Å². The van der Waals surface area contributed by atoms with Crippen LogP contribution in [0.1, 0.15) is 30.1 Å². The SMILES string of the molecule is CCCOc1ccc(NC(=O)c2nnc(NCC)s2)cc1. The van der Waals surface area contributed by atoms with Crippen molar-refractivity contribution >= 4 is 28.1 Å². The molecule has 1 heterocycles. The average molecular weight is 306 g/mol. The highest BCUT2D eigenvalue weighted by Gasteiger charge is 2.12. The summed E-state index contributed by atoms with van der Waals surface area (Å²) in [6.45, 7) is 5.45. The number of ether oxygens (including phenoxy) is 1. The highest BCUT2D eigenvalue weighted by atomic mass is 32.1. The van der Waals surface area contributed by atoms with E-state index < -0.39 is 0 Å². The molecular weight excluding hydrogens is 288 g/mol. The van der Waals surface area contributed by atoms with Gasteiger partial charge >= 0.3 is 0 Å². The molecule has 0 fully saturated rings. The van der Waals surface area contributed by atoms with Crippen molar-refractivity contribution in [1.29, 1.82) is 0 Å². The largest absolute Gasteiger partial charge is 0.494 e. The first kappa shape index (κ1) is 15.2. The number of benzene rings is 1. The van der Waals surface area contributed by atoms with Crippen molar-refractivity contribution in [3.05, 3.63) is 29.3 Å². The first-order chi connectivity index (χ1) is 10.2. The molecule has 1 aromatic heterocycles. The number of aromatic nitrogens is 2. The molecule has 0 radical (unpaired) electrons. The Morgan fingerprint density at radius 3 is 2.67 bits per heavy atom. The molecule has 21 heavy (non-hydrogen) atoms. The van der Waals surface area contributed by atoms with Gasteiger partial charge < -0.3 is 15.4 Å². The first-order valence-electron chi connectivity index (χ1n) is 6.84. The first-order valence-corrected chi connectivity index (χ1v) is 7.66. The molecule has 1 aromatic carbocycles. The number of nitrogens with zero attached hydrogens (tertiary/aromatic N) is 2. The summed E-state index contributed by atoms with van der Waals surface area (Å²) in [5, 5.41) is 14.5. The normalized spacial score (nSPS) is 10.2. The highest BCUT2D eigenvalue weighted by Crippen LogP contribution is 2.19. The number of carbonyl (C=O) groups is 1. The highest BCUT2D eigenvalue weighted by molar-refractivity contribution is 7.17. The van der Waals surface area contributed by atoms with E-state index in [1.807, 2.05) is 19.1 Å². The molecule has 0 spiro atoms. The van der Waals surface area contributed by atoms with Crippen molar-refractivity contribution in [3.8, 4) is 5.75 Å². The lowest BCUT2D eigenvalue weighted by Crippen LogP contribution is -2.11.